The first-order valence-electron chi connectivity index (χ1n) is 3.68. The van der Waals surface area contributed by atoms with Gasteiger partial charge in [0.15, 0.2) is 0 Å². The SMILES string of the molecule is C=c1nccn/c1=C/C(C)C. The van der Waals surface area contributed by atoms with E-state index >= 15 is 0 Å². The number of rotatable bonds is 1. The summed E-state index contributed by atoms with van der Waals surface area (Å²) in [6.45, 7) is 7.98. The van der Waals surface area contributed by atoms with Crippen LogP contribution in [0.4, 0.5) is 0 Å². The maximum atomic E-state index is 4.14. The van der Waals surface area contributed by atoms with Crippen molar-refractivity contribution < 1.29 is 0 Å². The van der Waals surface area contributed by atoms with Crippen LogP contribution in [-0.2, 0) is 0 Å². The Bertz CT molecular complexity index is 328. The van der Waals surface area contributed by atoms with E-state index in [0.29, 0.717) is 5.92 Å². The molecule has 1 aromatic heterocycles. The second-order valence-electron chi connectivity index (χ2n) is 2.80. The first kappa shape index (κ1) is 7.92. The Morgan fingerprint density at radius 2 is 2.00 bits per heavy atom. The van der Waals surface area contributed by atoms with E-state index in [1.165, 1.54) is 0 Å². The maximum absolute atomic E-state index is 4.14. The van der Waals surface area contributed by atoms with Gasteiger partial charge in [-0.2, -0.15) is 0 Å². The van der Waals surface area contributed by atoms with Crippen molar-refractivity contribution in [2.24, 2.45) is 5.92 Å². The standard InChI is InChI=1S/C9H12N2/c1-7(2)6-9-8(3)10-4-5-11-9/h4-7H,3H2,1-2H3/b9-6+. The maximum Gasteiger partial charge on any atom is 0.0843 e. The zero-order valence-corrected chi connectivity index (χ0v) is 6.91. The van der Waals surface area contributed by atoms with Crippen LogP contribution in [0.3, 0.4) is 0 Å². The van der Waals surface area contributed by atoms with Crippen molar-refractivity contribution in [3.05, 3.63) is 23.1 Å². The van der Waals surface area contributed by atoms with Crippen LogP contribution in [0.2, 0.25) is 0 Å². The third kappa shape index (κ3) is 2.15. The Kier molecular flexibility index (Phi) is 2.36. The van der Waals surface area contributed by atoms with Gasteiger partial charge in [0.1, 0.15) is 0 Å². The van der Waals surface area contributed by atoms with E-state index in [0.717, 1.165) is 10.7 Å². The summed E-state index contributed by atoms with van der Waals surface area (Å²) in [5, 5.41) is 1.64. The van der Waals surface area contributed by atoms with Crippen molar-refractivity contribution in [1.29, 1.82) is 0 Å². The van der Waals surface area contributed by atoms with Crippen LogP contribution in [0.15, 0.2) is 12.4 Å². The molecule has 1 rings (SSSR count). The predicted octanol–water partition coefficient (Wildman–Crippen LogP) is 0.323. The molecule has 0 aromatic carbocycles. The fraction of sp³-hybridized carbons (Fsp3) is 0.333. The minimum Gasteiger partial charge on any atom is -0.254 e. The van der Waals surface area contributed by atoms with Gasteiger partial charge in [0.2, 0.25) is 0 Å². The van der Waals surface area contributed by atoms with Crippen LogP contribution in [0.1, 0.15) is 13.8 Å². The van der Waals surface area contributed by atoms with E-state index in [2.05, 4.69) is 36.5 Å². The molecule has 1 heterocycles. The molecule has 0 aliphatic rings. The lowest BCUT2D eigenvalue weighted by Gasteiger charge is -1.92. The van der Waals surface area contributed by atoms with Crippen LogP contribution in [-0.4, -0.2) is 9.97 Å². The van der Waals surface area contributed by atoms with Gasteiger partial charge in [0.05, 0.1) is 10.7 Å². The average Bonchev–Trinajstić information content (AvgIpc) is 1.93. The summed E-state index contributed by atoms with van der Waals surface area (Å²) in [6.07, 6.45) is 5.39. The molecule has 0 amide bonds. The fourth-order valence-corrected chi connectivity index (χ4v) is 0.833. The third-order valence-electron chi connectivity index (χ3n) is 1.30. The van der Waals surface area contributed by atoms with E-state index in [9.17, 15) is 0 Å². The summed E-state index contributed by atoms with van der Waals surface area (Å²) >= 11 is 0. The number of hydrogen-bond donors (Lipinski definition) is 0. The lowest BCUT2D eigenvalue weighted by atomic mass is 10.2. The van der Waals surface area contributed by atoms with Crippen molar-refractivity contribution in [3.63, 3.8) is 0 Å². The second-order valence-corrected chi connectivity index (χ2v) is 2.80. The summed E-state index contributed by atoms with van der Waals surface area (Å²) in [7, 11) is 0. The smallest absolute Gasteiger partial charge is 0.0843 e. The largest absolute Gasteiger partial charge is 0.254 e. The highest BCUT2D eigenvalue weighted by Crippen LogP contribution is 1.89. The monoisotopic (exact) mass is 148 g/mol. The molecule has 0 atom stereocenters. The molecule has 0 fully saturated rings. The van der Waals surface area contributed by atoms with Crippen LogP contribution >= 0.6 is 0 Å². The van der Waals surface area contributed by atoms with Crippen molar-refractivity contribution >= 4 is 12.7 Å². The lowest BCUT2D eigenvalue weighted by Crippen LogP contribution is -2.29. The Labute approximate surface area is 66.3 Å². The highest BCUT2D eigenvalue weighted by molar-refractivity contribution is 5.21. The van der Waals surface area contributed by atoms with Gasteiger partial charge in [0.25, 0.3) is 0 Å². The molecule has 0 spiro atoms. The quantitative estimate of drug-likeness (QED) is 0.573. The topological polar surface area (TPSA) is 25.8 Å². The molecule has 0 radical (unpaired) electrons. The summed E-state index contributed by atoms with van der Waals surface area (Å²) in [5.41, 5.74) is 0. The molecule has 11 heavy (non-hydrogen) atoms. The minimum absolute atomic E-state index is 0.493. The molecular formula is C9H12N2. The molecule has 0 saturated heterocycles. The van der Waals surface area contributed by atoms with E-state index in [-0.39, 0.29) is 0 Å². The first-order valence-corrected chi connectivity index (χ1v) is 3.68. The van der Waals surface area contributed by atoms with Gasteiger partial charge >= 0.3 is 0 Å². The zero-order valence-electron chi connectivity index (χ0n) is 6.91. The number of nitrogens with zero attached hydrogens (tertiary/aromatic N) is 2. The van der Waals surface area contributed by atoms with Gasteiger partial charge in [-0.1, -0.05) is 26.5 Å². The first-order chi connectivity index (χ1) is 5.20. The molecule has 0 aliphatic carbocycles. The van der Waals surface area contributed by atoms with E-state index in [4.69, 9.17) is 0 Å². The molecule has 58 valence electrons. The fourth-order valence-electron chi connectivity index (χ4n) is 0.833. The van der Waals surface area contributed by atoms with E-state index in [1.807, 2.05) is 0 Å². The molecule has 1 aromatic rings. The molecule has 2 nitrogen and oxygen atoms in total. The highest BCUT2D eigenvalue weighted by atomic mass is 14.7. The van der Waals surface area contributed by atoms with Crippen LogP contribution in [0, 0.1) is 5.92 Å². The average molecular weight is 148 g/mol. The summed E-state index contributed by atoms with van der Waals surface area (Å²) in [5.74, 6) is 0.493. The number of hydrogen-bond acceptors (Lipinski definition) is 2. The summed E-state index contributed by atoms with van der Waals surface area (Å²) < 4.78 is 0. The zero-order chi connectivity index (χ0) is 8.27. The Morgan fingerprint density at radius 1 is 1.36 bits per heavy atom. The highest BCUT2D eigenvalue weighted by Gasteiger charge is 1.87. The van der Waals surface area contributed by atoms with E-state index in [1.54, 1.807) is 12.4 Å². The molecule has 0 aliphatic heterocycles. The minimum atomic E-state index is 0.493. The van der Waals surface area contributed by atoms with Crippen LogP contribution in [0.5, 0.6) is 0 Å². The summed E-state index contributed by atoms with van der Waals surface area (Å²) in [6, 6.07) is 0. The molecular weight excluding hydrogens is 136 g/mol. The van der Waals surface area contributed by atoms with Crippen LogP contribution in [0.25, 0.3) is 12.7 Å². The lowest BCUT2D eigenvalue weighted by molar-refractivity contribution is 0.872. The van der Waals surface area contributed by atoms with Crippen molar-refractivity contribution in [2.45, 2.75) is 13.8 Å². The molecule has 0 saturated carbocycles. The van der Waals surface area contributed by atoms with Gasteiger partial charge in [-0.25, -0.2) is 0 Å². The molecule has 0 unspecified atom stereocenters. The molecule has 0 bridgehead atoms. The van der Waals surface area contributed by atoms with Gasteiger partial charge in [-0.3, -0.25) is 9.97 Å². The van der Waals surface area contributed by atoms with Gasteiger partial charge in [-0.15, -0.1) is 0 Å². The Hall–Kier alpha value is -1.18. The van der Waals surface area contributed by atoms with Crippen molar-refractivity contribution in [2.75, 3.05) is 0 Å². The normalized spacial score (nSPS) is 12.5. The van der Waals surface area contributed by atoms with Gasteiger partial charge < -0.3 is 0 Å². The third-order valence-corrected chi connectivity index (χ3v) is 1.30. The van der Waals surface area contributed by atoms with Crippen molar-refractivity contribution in [1.82, 2.24) is 9.97 Å². The van der Waals surface area contributed by atoms with Crippen LogP contribution < -0.4 is 10.7 Å². The number of aromatic nitrogens is 2. The van der Waals surface area contributed by atoms with Gasteiger partial charge in [0, 0.05) is 12.4 Å². The second kappa shape index (κ2) is 3.28. The summed E-state index contributed by atoms with van der Waals surface area (Å²) in [4.78, 5) is 8.17. The predicted molar refractivity (Wildman–Crippen MR) is 46.1 cm³/mol. The van der Waals surface area contributed by atoms with Gasteiger partial charge in [-0.05, 0) is 5.92 Å². The molecule has 2 heteroatoms. The molecule has 0 N–H and O–H groups in total. The van der Waals surface area contributed by atoms with Crippen molar-refractivity contribution in [3.8, 4) is 0 Å². The van der Waals surface area contributed by atoms with E-state index < -0.39 is 0 Å². The Morgan fingerprint density at radius 3 is 2.55 bits per heavy atom. The Balaban J connectivity index is 3.24.